The molecule has 0 rings (SSSR count). The average Bonchev–Trinajstić information content (AvgIpc) is 1.65. The molecular weight excluding hydrogens is 122 g/mol. The molecule has 1 radical (unpaired) electrons. The molecule has 0 amide bonds. The summed E-state index contributed by atoms with van der Waals surface area (Å²) in [5.74, 6) is -2.94. The van der Waals surface area contributed by atoms with Crippen molar-refractivity contribution in [3.8, 4) is 0 Å². The molecule has 0 fully saturated rings. The van der Waals surface area contributed by atoms with Crippen LogP contribution in [0.3, 0.4) is 0 Å². The molecule has 0 N–H and O–H groups in total. The van der Waals surface area contributed by atoms with E-state index in [2.05, 4.69) is 6.92 Å². The third-order valence-corrected chi connectivity index (χ3v) is 1.20. The number of alkyl halides is 2. The van der Waals surface area contributed by atoms with Crippen molar-refractivity contribution in [1.29, 1.82) is 0 Å². The van der Waals surface area contributed by atoms with Crippen molar-refractivity contribution >= 4 is 11.2 Å². The molecule has 0 aromatic heterocycles. The maximum atomic E-state index is 11.1. The van der Waals surface area contributed by atoms with Gasteiger partial charge >= 0.3 is 5.76 Å². The highest BCUT2D eigenvalue weighted by Gasteiger charge is 2.15. The molecule has 7 heavy (non-hydrogen) atoms. The highest BCUT2D eigenvalue weighted by Crippen LogP contribution is 2.03. The highest BCUT2D eigenvalue weighted by molar-refractivity contribution is 7.91. The van der Waals surface area contributed by atoms with Gasteiger partial charge in [-0.3, -0.25) is 0 Å². The Morgan fingerprint density at radius 2 is 2.14 bits per heavy atom. The molecular formula is C3H5F2OS. The Balaban J connectivity index is 3.14. The molecule has 0 saturated carbocycles. The zero-order chi connectivity index (χ0) is 5.86. The van der Waals surface area contributed by atoms with Gasteiger partial charge in [-0.25, -0.2) is 0 Å². The molecule has 0 bridgehead atoms. The summed E-state index contributed by atoms with van der Waals surface area (Å²) < 4.78 is 32.0. The summed E-state index contributed by atoms with van der Waals surface area (Å²) in [5.41, 5.74) is 0. The molecule has 1 nitrogen and oxygen atoms in total. The van der Waals surface area contributed by atoms with E-state index in [1.54, 1.807) is 0 Å². The van der Waals surface area contributed by atoms with E-state index in [0.29, 0.717) is 0 Å². The van der Waals surface area contributed by atoms with Crippen LogP contribution in [0.2, 0.25) is 0 Å². The Kier molecular flexibility index (Phi) is 3.29. The molecule has 0 spiro atoms. The summed E-state index contributed by atoms with van der Waals surface area (Å²) in [4.78, 5) is 0. The summed E-state index contributed by atoms with van der Waals surface area (Å²) in [7, 11) is 0. The second kappa shape index (κ2) is 3.21. The maximum absolute atomic E-state index is 11.1. The van der Waals surface area contributed by atoms with Crippen LogP contribution < -0.4 is 0 Å². The van der Waals surface area contributed by atoms with E-state index in [-0.39, 0.29) is 5.75 Å². The third kappa shape index (κ3) is 2.82. The Morgan fingerprint density at radius 1 is 1.71 bits per heavy atom. The van der Waals surface area contributed by atoms with E-state index >= 15 is 0 Å². The van der Waals surface area contributed by atoms with Gasteiger partial charge in [0.2, 0.25) is 0 Å². The van der Waals surface area contributed by atoms with Crippen molar-refractivity contribution in [3.63, 3.8) is 0 Å². The van der Waals surface area contributed by atoms with Crippen LogP contribution in [0.25, 0.3) is 0 Å². The van der Waals surface area contributed by atoms with Gasteiger partial charge in [-0.05, 0) is 6.92 Å². The zero-order valence-electron chi connectivity index (χ0n) is 3.56. The van der Waals surface area contributed by atoms with Crippen molar-refractivity contribution in [2.24, 2.45) is 0 Å². The van der Waals surface area contributed by atoms with Crippen LogP contribution >= 0.6 is 0 Å². The smallest absolute Gasteiger partial charge is 0.397 e. The molecule has 4 heteroatoms. The minimum Gasteiger partial charge on any atom is -0.612 e. The predicted octanol–water partition coefficient (Wildman–Crippen LogP) is 0.792. The van der Waals surface area contributed by atoms with Crippen LogP contribution in [0.5, 0.6) is 0 Å². The van der Waals surface area contributed by atoms with Gasteiger partial charge in [-0.1, -0.05) is 0 Å². The number of halogens is 2. The van der Waals surface area contributed by atoms with Crippen molar-refractivity contribution in [2.75, 3.05) is 5.75 Å². The fraction of sp³-hybridized carbons (Fsp3) is 0.667. The Hall–Kier alpha value is 0.170. The predicted molar refractivity (Wildman–Crippen MR) is 24.4 cm³/mol. The van der Waals surface area contributed by atoms with Crippen LogP contribution in [-0.2, 0) is 11.2 Å². The number of rotatable bonds is 2. The molecule has 1 atom stereocenters. The van der Waals surface area contributed by atoms with Gasteiger partial charge in [-0.2, -0.15) is 8.78 Å². The van der Waals surface area contributed by atoms with E-state index in [4.69, 9.17) is 0 Å². The summed E-state index contributed by atoms with van der Waals surface area (Å²) in [5, 5.41) is 0. The van der Waals surface area contributed by atoms with Gasteiger partial charge < -0.3 is 4.55 Å². The third-order valence-electron chi connectivity index (χ3n) is 0.400. The Bertz CT molecular complexity index is 50.2. The van der Waals surface area contributed by atoms with Gasteiger partial charge in [0, 0.05) is 11.2 Å². The average molecular weight is 127 g/mol. The first-order valence-corrected chi connectivity index (χ1v) is 3.01. The monoisotopic (exact) mass is 127 g/mol. The summed E-state index contributed by atoms with van der Waals surface area (Å²) >= 11 is -2.02. The first kappa shape index (κ1) is 7.17. The van der Waals surface area contributed by atoms with E-state index < -0.39 is 16.9 Å². The topological polar surface area (TPSA) is 23.1 Å². The lowest BCUT2D eigenvalue weighted by atomic mass is 11.0. The normalized spacial score (nSPS) is 15.0. The van der Waals surface area contributed by atoms with Crippen molar-refractivity contribution in [1.82, 2.24) is 0 Å². The van der Waals surface area contributed by atoms with Gasteiger partial charge in [0.05, 0.1) is 0 Å². The van der Waals surface area contributed by atoms with Crippen LogP contribution in [0.4, 0.5) is 8.78 Å². The highest BCUT2D eigenvalue weighted by atomic mass is 32.2. The molecule has 0 saturated heterocycles. The van der Waals surface area contributed by atoms with E-state index in [1.165, 1.54) is 0 Å². The maximum Gasteiger partial charge on any atom is 0.397 e. The van der Waals surface area contributed by atoms with Crippen LogP contribution in [-0.4, -0.2) is 16.1 Å². The van der Waals surface area contributed by atoms with Gasteiger partial charge in [0.15, 0.2) is 0 Å². The van der Waals surface area contributed by atoms with E-state index in [9.17, 15) is 13.3 Å². The van der Waals surface area contributed by atoms with Gasteiger partial charge in [0.1, 0.15) is 5.75 Å². The van der Waals surface area contributed by atoms with Crippen molar-refractivity contribution in [3.05, 3.63) is 6.92 Å². The largest absolute Gasteiger partial charge is 0.612 e. The van der Waals surface area contributed by atoms with Gasteiger partial charge in [-0.15, -0.1) is 0 Å². The Morgan fingerprint density at radius 3 is 2.14 bits per heavy atom. The van der Waals surface area contributed by atoms with Crippen molar-refractivity contribution in [2.45, 2.75) is 5.76 Å². The van der Waals surface area contributed by atoms with Crippen molar-refractivity contribution < 1.29 is 13.3 Å². The molecule has 0 aliphatic carbocycles. The molecule has 0 aliphatic heterocycles. The molecule has 0 heterocycles. The Labute approximate surface area is 43.9 Å². The molecule has 43 valence electrons. The second-order valence-electron chi connectivity index (χ2n) is 0.846. The fourth-order valence-electron chi connectivity index (χ4n) is 0.0891. The summed E-state index contributed by atoms with van der Waals surface area (Å²) in [6.45, 7) is 3.03. The fourth-order valence-corrected chi connectivity index (χ4v) is 0.267. The van der Waals surface area contributed by atoms with Crippen LogP contribution in [0, 0.1) is 6.92 Å². The minimum absolute atomic E-state index is 0.211. The number of hydrogen-bond donors (Lipinski definition) is 0. The van der Waals surface area contributed by atoms with Gasteiger partial charge in [0.25, 0.3) is 0 Å². The standard InChI is InChI=1S/C3H5F2OS/c1-2-7(6)3(4)5/h3H,1-2H2. The van der Waals surface area contributed by atoms with Crippen LogP contribution in [0.1, 0.15) is 0 Å². The summed E-state index contributed by atoms with van der Waals surface area (Å²) in [6, 6.07) is 0. The second-order valence-corrected chi connectivity index (χ2v) is 2.37. The lowest BCUT2D eigenvalue weighted by molar-refractivity contribution is 0.235. The minimum atomic E-state index is -2.72. The molecule has 0 aliphatic rings. The molecule has 0 aromatic rings. The lowest BCUT2D eigenvalue weighted by Crippen LogP contribution is -2.12. The van der Waals surface area contributed by atoms with E-state index in [1.807, 2.05) is 0 Å². The zero-order valence-corrected chi connectivity index (χ0v) is 4.38. The molecule has 0 aromatic carbocycles. The van der Waals surface area contributed by atoms with Crippen LogP contribution in [0.15, 0.2) is 0 Å². The van der Waals surface area contributed by atoms with E-state index in [0.717, 1.165) is 0 Å². The quantitative estimate of drug-likeness (QED) is 0.503. The first-order chi connectivity index (χ1) is 3.18. The number of hydrogen-bond acceptors (Lipinski definition) is 1. The summed E-state index contributed by atoms with van der Waals surface area (Å²) in [6.07, 6.45) is 0. The lowest BCUT2D eigenvalue weighted by Gasteiger charge is -2.03. The molecule has 1 unspecified atom stereocenters. The first-order valence-electron chi connectivity index (χ1n) is 1.63. The SMILES string of the molecule is [CH2]C[S+]([O-])C(F)F.